The summed E-state index contributed by atoms with van der Waals surface area (Å²) in [4.78, 5) is 16.1. The molecule has 34 heavy (non-hydrogen) atoms. The molecule has 1 aliphatic heterocycles. The van der Waals surface area contributed by atoms with Gasteiger partial charge in [0.05, 0.1) is 25.6 Å². The van der Waals surface area contributed by atoms with Crippen LogP contribution in [0.25, 0.3) is 0 Å². The Morgan fingerprint density at radius 1 is 0.882 bits per heavy atom. The largest absolute Gasteiger partial charge is 0.497 e. The topological polar surface area (TPSA) is 63.2 Å². The van der Waals surface area contributed by atoms with Gasteiger partial charge in [-0.1, -0.05) is 30.3 Å². The predicted octanol–water partition coefficient (Wildman–Crippen LogP) is 6.07. The molecule has 1 unspecified atom stereocenters. The molecule has 3 aromatic carbocycles. The van der Waals surface area contributed by atoms with E-state index >= 15 is 0 Å². The summed E-state index contributed by atoms with van der Waals surface area (Å²) >= 11 is 0.417. The summed E-state index contributed by atoms with van der Waals surface area (Å²) in [5.41, 5.74) is 0.584. The lowest BCUT2D eigenvalue weighted by Crippen LogP contribution is -2.63. The van der Waals surface area contributed by atoms with Gasteiger partial charge >= 0.3 is 12.2 Å². The standard InChI is InChI=1S/C24H20F3N3O3S/c1-32-19-12-8-17(9-13-19)28-22-30(18-10-14-20(33-2)15-11-18)21(31)29-23(34-22,24(25,26)27)16-6-4-3-5-7-16/h3-15H,1-2H3,(H,29,31). The van der Waals surface area contributed by atoms with Crippen molar-refractivity contribution in [3.05, 3.63) is 84.4 Å². The average Bonchev–Trinajstić information content (AvgIpc) is 2.84. The number of urea groups is 1. The molecule has 0 aromatic heterocycles. The monoisotopic (exact) mass is 487 g/mol. The minimum Gasteiger partial charge on any atom is -0.497 e. The molecule has 10 heteroatoms. The molecule has 4 rings (SSSR count). The average molecular weight is 488 g/mol. The highest BCUT2D eigenvalue weighted by atomic mass is 32.2. The minimum absolute atomic E-state index is 0.113. The number of methoxy groups -OCH3 is 2. The zero-order chi connectivity index (χ0) is 24.3. The van der Waals surface area contributed by atoms with Crippen molar-refractivity contribution < 1.29 is 27.4 Å². The molecule has 2 amide bonds. The molecule has 1 N–H and O–H groups in total. The first-order valence-electron chi connectivity index (χ1n) is 10.1. The zero-order valence-corrected chi connectivity index (χ0v) is 19.0. The third-order valence-electron chi connectivity index (χ3n) is 5.13. The maximum absolute atomic E-state index is 14.6. The van der Waals surface area contributed by atoms with Crippen molar-refractivity contribution >= 4 is 34.3 Å². The van der Waals surface area contributed by atoms with Crippen molar-refractivity contribution in [2.75, 3.05) is 19.1 Å². The molecule has 1 atom stereocenters. The number of nitrogens with one attached hydrogen (secondary N) is 1. The first-order valence-corrected chi connectivity index (χ1v) is 10.9. The number of rotatable bonds is 5. The second-order valence-electron chi connectivity index (χ2n) is 7.20. The number of aliphatic imine (C=N–C) groups is 1. The van der Waals surface area contributed by atoms with E-state index in [0.717, 1.165) is 4.90 Å². The van der Waals surface area contributed by atoms with E-state index in [2.05, 4.69) is 10.3 Å². The van der Waals surface area contributed by atoms with Gasteiger partial charge in [0, 0.05) is 0 Å². The number of ether oxygens (including phenoxy) is 2. The van der Waals surface area contributed by atoms with Crippen LogP contribution in [0.5, 0.6) is 11.5 Å². The van der Waals surface area contributed by atoms with Gasteiger partial charge in [-0.05, 0) is 65.9 Å². The van der Waals surface area contributed by atoms with E-state index in [-0.39, 0.29) is 10.7 Å². The van der Waals surface area contributed by atoms with Gasteiger partial charge in [-0.2, -0.15) is 13.2 Å². The molecule has 0 radical (unpaired) electrons. The van der Waals surface area contributed by atoms with Gasteiger partial charge in [-0.3, -0.25) is 0 Å². The number of amidine groups is 1. The Kier molecular flexibility index (Phi) is 6.43. The Labute approximate surface area is 198 Å². The molecule has 0 spiro atoms. The second kappa shape index (κ2) is 9.30. The predicted molar refractivity (Wildman–Crippen MR) is 126 cm³/mol. The summed E-state index contributed by atoms with van der Waals surface area (Å²) in [6.45, 7) is 0. The van der Waals surface area contributed by atoms with Crippen LogP contribution < -0.4 is 19.7 Å². The van der Waals surface area contributed by atoms with Crippen LogP contribution in [0.3, 0.4) is 0 Å². The third kappa shape index (κ3) is 4.41. The lowest BCUT2D eigenvalue weighted by molar-refractivity contribution is -0.167. The normalized spacial score (nSPS) is 19.6. The summed E-state index contributed by atoms with van der Waals surface area (Å²) in [6, 6.07) is 19.1. The molecule has 1 aliphatic rings. The van der Waals surface area contributed by atoms with E-state index in [1.807, 2.05) is 0 Å². The molecule has 176 valence electrons. The van der Waals surface area contributed by atoms with Gasteiger partial charge in [-0.15, -0.1) is 0 Å². The Balaban J connectivity index is 1.86. The van der Waals surface area contributed by atoms with Crippen LogP contribution in [-0.4, -0.2) is 31.6 Å². The molecule has 1 heterocycles. The Hall–Kier alpha value is -3.66. The molecule has 0 bridgehead atoms. The van der Waals surface area contributed by atoms with E-state index in [1.165, 1.54) is 38.5 Å². The van der Waals surface area contributed by atoms with Crippen LogP contribution in [0, 0.1) is 0 Å². The number of alkyl halides is 3. The summed E-state index contributed by atoms with van der Waals surface area (Å²) in [5.74, 6) is 1.11. The fraction of sp³-hybridized carbons (Fsp3) is 0.167. The molecule has 6 nitrogen and oxygen atoms in total. The van der Waals surface area contributed by atoms with Crippen molar-refractivity contribution in [1.29, 1.82) is 0 Å². The number of anilines is 1. The van der Waals surface area contributed by atoms with E-state index in [9.17, 15) is 18.0 Å². The fourth-order valence-electron chi connectivity index (χ4n) is 3.40. The Bertz CT molecular complexity index is 1190. The number of amides is 2. The van der Waals surface area contributed by atoms with Crippen molar-refractivity contribution in [3.8, 4) is 11.5 Å². The fourth-order valence-corrected chi connectivity index (χ4v) is 4.61. The molecule has 1 saturated heterocycles. The second-order valence-corrected chi connectivity index (χ2v) is 8.38. The van der Waals surface area contributed by atoms with Gasteiger partial charge < -0.3 is 14.8 Å². The number of benzene rings is 3. The highest BCUT2D eigenvalue weighted by Gasteiger charge is 2.62. The van der Waals surface area contributed by atoms with Crippen LogP contribution in [0.15, 0.2) is 83.9 Å². The van der Waals surface area contributed by atoms with Crippen molar-refractivity contribution in [2.24, 2.45) is 4.99 Å². The number of hydrogen-bond donors (Lipinski definition) is 1. The van der Waals surface area contributed by atoms with Crippen LogP contribution in [-0.2, 0) is 4.87 Å². The van der Waals surface area contributed by atoms with Gasteiger partial charge in [0.2, 0.25) is 4.87 Å². The van der Waals surface area contributed by atoms with E-state index in [1.54, 1.807) is 54.6 Å². The van der Waals surface area contributed by atoms with Crippen LogP contribution in [0.2, 0.25) is 0 Å². The van der Waals surface area contributed by atoms with E-state index < -0.39 is 17.1 Å². The van der Waals surface area contributed by atoms with Gasteiger partial charge in [0.25, 0.3) is 0 Å². The lowest BCUT2D eigenvalue weighted by atomic mass is 10.1. The summed E-state index contributed by atoms with van der Waals surface area (Å²) < 4.78 is 53.9. The minimum atomic E-state index is -4.82. The van der Waals surface area contributed by atoms with Crippen molar-refractivity contribution in [2.45, 2.75) is 11.0 Å². The van der Waals surface area contributed by atoms with Crippen LogP contribution >= 0.6 is 11.8 Å². The lowest BCUT2D eigenvalue weighted by Gasteiger charge is -2.43. The van der Waals surface area contributed by atoms with E-state index in [0.29, 0.717) is 34.6 Å². The van der Waals surface area contributed by atoms with Crippen LogP contribution in [0.4, 0.5) is 29.3 Å². The van der Waals surface area contributed by atoms with E-state index in [4.69, 9.17) is 9.47 Å². The first-order chi connectivity index (χ1) is 16.3. The number of nitrogens with zero attached hydrogens (tertiary/aromatic N) is 2. The molecule has 3 aromatic rings. The number of halogens is 3. The SMILES string of the molecule is COc1ccc(N=C2SC(c3ccccc3)(C(F)(F)F)NC(=O)N2c2ccc(OC)cc2)cc1. The Morgan fingerprint density at radius 3 is 1.97 bits per heavy atom. The summed E-state index contributed by atoms with van der Waals surface area (Å²) in [6.07, 6.45) is -4.82. The summed E-state index contributed by atoms with van der Waals surface area (Å²) in [7, 11) is 3.00. The van der Waals surface area contributed by atoms with Gasteiger partial charge in [0.15, 0.2) is 5.17 Å². The maximum Gasteiger partial charge on any atom is 0.425 e. The summed E-state index contributed by atoms with van der Waals surface area (Å²) in [5, 5.41) is 2.05. The zero-order valence-electron chi connectivity index (χ0n) is 18.2. The molecular formula is C24H20F3N3O3S. The highest BCUT2D eigenvalue weighted by molar-refractivity contribution is 8.15. The number of carbonyl (C=O) groups excluding carboxylic acids is 1. The highest BCUT2D eigenvalue weighted by Crippen LogP contribution is 2.51. The maximum atomic E-state index is 14.6. The Morgan fingerprint density at radius 2 is 1.44 bits per heavy atom. The molecular weight excluding hydrogens is 467 g/mol. The quantitative estimate of drug-likeness (QED) is 0.475. The van der Waals surface area contributed by atoms with Gasteiger partial charge in [-0.25, -0.2) is 14.7 Å². The van der Waals surface area contributed by atoms with Crippen LogP contribution in [0.1, 0.15) is 5.56 Å². The number of carbonyl (C=O) groups is 1. The van der Waals surface area contributed by atoms with Crippen molar-refractivity contribution in [3.63, 3.8) is 0 Å². The third-order valence-corrected chi connectivity index (χ3v) is 6.46. The first kappa shape index (κ1) is 23.5. The number of hydrogen-bond acceptors (Lipinski definition) is 5. The van der Waals surface area contributed by atoms with Gasteiger partial charge in [0.1, 0.15) is 11.5 Å². The van der Waals surface area contributed by atoms with Crippen molar-refractivity contribution in [1.82, 2.24) is 5.32 Å². The smallest absolute Gasteiger partial charge is 0.425 e. The molecule has 1 fully saturated rings. The molecule has 0 saturated carbocycles. The molecule has 0 aliphatic carbocycles. The number of thioether (sulfide) groups is 1.